The minimum Gasteiger partial charge on any atom is -0.480 e. The van der Waals surface area contributed by atoms with Crippen molar-refractivity contribution in [3.8, 4) is 11.1 Å². The van der Waals surface area contributed by atoms with E-state index in [-0.39, 0.29) is 11.5 Å². The van der Waals surface area contributed by atoms with Gasteiger partial charge in [0.2, 0.25) is 0 Å². The summed E-state index contributed by atoms with van der Waals surface area (Å²) in [4.78, 5) is 25.3. The van der Waals surface area contributed by atoms with Crippen molar-refractivity contribution in [3.63, 3.8) is 0 Å². The lowest BCUT2D eigenvalue weighted by molar-refractivity contribution is -0.139. The van der Waals surface area contributed by atoms with Crippen molar-refractivity contribution in [1.29, 1.82) is 0 Å². The van der Waals surface area contributed by atoms with Gasteiger partial charge in [-0.3, -0.25) is 4.79 Å². The Bertz CT molecular complexity index is 1150. The number of nitrogens with one attached hydrogen (secondary N) is 1. The molecule has 0 bridgehead atoms. The Morgan fingerprint density at radius 3 is 2.14 bits per heavy atom. The molecule has 1 unspecified atom stereocenters. The lowest BCUT2D eigenvalue weighted by atomic mass is 9.75. The summed E-state index contributed by atoms with van der Waals surface area (Å²) in [6.07, 6.45) is 17.9. The van der Waals surface area contributed by atoms with Gasteiger partial charge < -0.3 is 15.2 Å². The third-order valence-corrected chi connectivity index (χ3v) is 10.1. The number of aryl methyl sites for hydroxylation is 1. The first kappa shape index (κ1) is 32.6. The third kappa shape index (κ3) is 9.34. The number of rotatable bonds is 14. The van der Waals surface area contributed by atoms with Gasteiger partial charge in [0.15, 0.2) is 0 Å². The van der Waals surface area contributed by atoms with Crippen LogP contribution in [0.5, 0.6) is 0 Å². The van der Waals surface area contributed by atoms with Crippen LogP contribution < -0.4 is 5.32 Å². The number of amides is 1. The van der Waals surface area contributed by atoms with E-state index in [0.717, 1.165) is 46.9 Å². The molecule has 5 nitrogen and oxygen atoms in total. The molecular weight excluding hydrogens is 542 g/mol. The number of hydrogen-bond donors (Lipinski definition) is 2. The number of carboxylic acids is 1. The van der Waals surface area contributed by atoms with Crippen LogP contribution in [0.1, 0.15) is 112 Å². The van der Waals surface area contributed by atoms with Crippen molar-refractivity contribution >= 4 is 23.6 Å². The fourth-order valence-corrected chi connectivity index (χ4v) is 7.64. The fourth-order valence-electron chi connectivity index (χ4n) is 7.17. The van der Waals surface area contributed by atoms with Crippen LogP contribution in [-0.2, 0) is 16.1 Å². The maximum absolute atomic E-state index is 13.5. The molecule has 6 heteroatoms. The lowest BCUT2D eigenvalue weighted by Crippen LogP contribution is -2.41. The summed E-state index contributed by atoms with van der Waals surface area (Å²) in [5.41, 5.74) is 4.25. The summed E-state index contributed by atoms with van der Waals surface area (Å²) >= 11 is 1.57. The largest absolute Gasteiger partial charge is 0.480 e. The van der Waals surface area contributed by atoms with Crippen LogP contribution in [0.15, 0.2) is 42.5 Å². The highest BCUT2D eigenvalue weighted by molar-refractivity contribution is 7.98. The van der Waals surface area contributed by atoms with Crippen LogP contribution in [0.4, 0.5) is 0 Å². The molecule has 0 radical (unpaired) electrons. The molecule has 230 valence electrons. The van der Waals surface area contributed by atoms with Gasteiger partial charge >= 0.3 is 5.97 Å². The van der Waals surface area contributed by atoms with E-state index in [4.69, 9.17) is 4.74 Å². The van der Waals surface area contributed by atoms with Gasteiger partial charge in [0.25, 0.3) is 5.91 Å². The SMILES string of the molecule is CSCCC(NC(=O)c1ccc(COC(C)(CC2CCCCC2)CC2CCCCC2)cc1-c1ccccc1C)C(=O)O. The number of carbonyl (C=O) groups excluding carboxylic acids is 1. The second-order valence-corrected chi connectivity index (χ2v) is 14.0. The van der Waals surface area contributed by atoms with E-state index in [1.165, 1.54) is 64.2 Å². The topological polar surface area (TPSA) is 75.6 Å². The molecule has 2 N–H and O–H groups in total. The Balaban J connectivity index is 1.57. The quantitative estimate of drug-likeness (QED) is 0.229. The van der Waals surface area contributed by atoms with Crippen LogP contribution in [0, 0.1) is 18.8 Å². The van der Waals surface area contributed by atoms with E-state index in [1.807, 2.05) is 49.6 Å². The molecule has 2 aliphatic rings. The van der Waals surface area contributed by atoms with Gasteiger partial charge in [-0.25, -0.2) is 4.79 Å². The smallest absolute Gasteiger partial charge is 0.326 e. The Labute approximate surface area is 257 Å². The molecule has 1 atom stereocenters. The van der Waals surface area contributed by atoms with Crippen LogP contribution in [0.25, 0.3) is 11.1 Å². The molecule has 2 aromatic carbocycles. The average Bonchev–Trinajstić information content (AvgIpc) is 2.99. The molecular formula is C36H51NO4S. The molecule has 1 amide bonds. The molecule has 2 aromatic rings. The summed E-state index contributed by atoms with van der Waals surface area (Å²) in [7, 11) is 0. The third-order valence-electron chi connectivity index (χ3n) is 9.46. The van der Waals surface area contributed by atoms with Crippen LogP contribution in [0.2, 0.25) is 0 Å². The summed E-state index contributed by atoms with van der Waals surface area (Å²) in [6.45, 7) is 4.90. The predicted molar refractivity (Wildman–Crippen MR) is 174 cm³/mol. The van der Waals surface area contributed by atoms with E-state index in [2.05, 4.69) is 18.3 Å². The standard InChI is InChI=1S/C36H51NO4S/c1-26-12-10-11-17-30(26)32-22-29(18-19-31(32)34(38)37-33(35(39)40)20-21-42-3)25-41-36(2,23-27-13-6-4-7-14-27)24-28-15-8-5-9-16-28/h10-12,17-19,22,27-28,33H,4-9,13-16,20-21,23-25H2,1-3H3,(H,37,38)(H,39,40). The molecule has 4 rings (SSSR count). The minimum atomic E-state index is -1.00. The van der Waals surface area contributed by atoms with Gasteiger partial charge in [-0.15, -0.1) is 0 Å². The maximum Gasteiger partial charge on any atom is 0.326 e. The van der Waals surface area contributed by atoms with E-state index in [0.29, 0.717) is 24.3 Å². The minimum absolute atomic E-state index is 0.158. The van der Waals surface area contributed by atoms with E-state index >= 15 is 0 Å². The van der Waals surface area contributed by atoms with Crippen LogP contribution >= 0.6 is 11.8 Å². The molecule has 0 saturated heterocycles. The molecule has 2 saturated carbocycles. The molecule has 0 spiro atoms. The second kappa shape index (κ2) is 16.0. The molecule has 0 heterocycles. The summed E-state index contributed by atoms with van der Waals surface area (Å²) in [5, 5.41) is 12.5. The predicted octanol–water partition coefficient (Wildman–Crippen LogP) is 8.81. The first-order chi connectivity index (χ1) is 20.3. The molecule has 0 aromatic heterocycles. The van der Waals surface area contributed by atoms with Crippen molar-refractivity contribution < 1.29 is 19.4 Å². The number of aliphatic carboxylic acids is 1. The highest BCUT2D eigenvalue weighted by Gasteiger charge is 2.33. The zero-order chi connectivity index (χ0) is 30.0. The number of carbonyl (C=O) groups is 2. The van der Waals surface area contributed by atoms with Crippen molar-refractivity contribution in [1.82, 2.24) is 5.32 Å². The fraction of sp³-hybridized carbons (Fsp3) is 0.611. The van der Waals surface area contributed by atoms with Crippen LogP contribution in [-0.4, -0.2) is 40.6 Å². The number of thioether (sulfide) groups is 1. The monoisotopic (exact) mass is 593 g/mol. The summed E-state index contributed by atoms with van der Waals surface area (Å²) in [6, 6.07) is 13.1. The van der Waals surface area contributed by atoms with E-state index in [1.54, 1.807) is 11.8 Å². The maximum atomic E-state index is 13.5. The Hall–Kier alpha value is -2.31. The highest BCUT2D eigenvalue weighted by Crippen LogP contribution is 2.39. The van der Waals surface area contributed by atoms with Gasteiger partial charge in [0.1, 0.15) is 6.04 Å². The number of carboxylic acid groups (broad SMARTS) is 1. The molecule has 42 heavy (non-hydrogen) atoms. The zero-order valence-electron chi connectivity index (χ0n) is 26.0. The first-order valence-corrected chi connectivity index (χ1v) is 17.5. The Morgan fingerprint density at radius 2 is 1.57 bits per heavy atom. The number of ether oxygens (including phenoxy) is 1. The summed E-state index contributed by atoms with van der Waals surface area (Å²) in [5.74, 6) is 0.797. The molecule has 0 aliphatic heterocycles. The highest BCUT2D eigenvalue weighted by atomic mass is 32.2. The van der Waals surface area contributed by atoms with Crippen molar-refractivity contribution in [2.75, 3.05) is 12.0 Å². The second-order valence-electron chi connectivity index (χ2n) is 13.0. The molecule has 2 aliphatic carbocycles. The zero-order valence-corrected chi connectivity index (χ0v) is 26.8. The number of benzene rings is 2. The van der Waals surface area contributed by atoms with E-state index in [9.17, 15) is 14.7 Å². The van der Waals surface area contributed by atoms with Crippen molar-refractivity contribution in [2.45, 2.75) is 116 Å². The number of hydrogen-bond acceptors (Lipinski definition) is 4. The first-order valence-electron chi connectivity index (χ1n) is 16.1. The van der Waals surface area contributed by atoms with Gasteiger partial charge in [-0.1, -0.05) is 94.5 Å². The van der Waals surface area contributed by atoms with Crippen molar-refractivity contribution in [2.24, 2.45) is 11.8 Å². The lowest BCUT2D eigenvalue weighted by Gasteiger charge is -2.38. The summed E-state index contributed by atoms with van der Waals surface area (Å²) < 4.78 is 6.90. The Kier molecular flexibility index (Phi) is 12.4. The van der Waals surface area contributed by atoms with E-state index < -0.39 is 12.0 Å². The molecule has 2 fully saturated rings. The van der Waals surface area contributed by atoms with Gasteiger partial charge in [0.05, 0.1) is 12.2 Å². The average molecular weight is 594 g/mol. The van der Waals surface area contributed by atoms with Gasteiger partial charge in [0, 0.05) is 5.56 Å². The Morgan fingerprint density at radius 1 is 0.952 bits per heavy atom. The van der Waals surface area contributed by atoms with Gasteiger partial charge in [-0.05, 0) is 91.3 Å². The normalized spacial score (nSPS) is 17.6. The van der Waals surface area contributed by atoms with Gasteiger partial charge in [-0.2, -0.15) is 11.8 Å². The van der Waals surface area contributed by atoms with Crippen molar-refractivity contribution in [3.05, 3.63) is 59.2 Å². The van der Waals surface area contributed by atoms with Crippen LogP contribution in [0.3, 0.4) is 0 Å².